The molecule has 0 amide bonds. The molecule has 168 valence electrons. The molecule has 1 aliphatic heterocycles. The molecule has 0 aliphatic carbocycles. The van der Waals surface area contributed by atoms with E-state index in [2.05, 4.69) is 38.3 Å². The van der Waals surface area contributed by atoms with E-state index in [-0.39, 0.29) is 0 Å². The summed E-state index contributed by atoms with van der Waals surface area (Å²) in [5.74, 6) is 7.15. The van der Waals surface area contributed by atoms with Gasteiger partial charge in [-0.2, -0.15) is 0 Å². The summed E-state index contributed by atoms with van der Waals surface area (Å²) in [5.41, 5.74) is 3.78. The fourth-order valence-electron chi connectivity index (χ4n) is 3.64. The normalized spacial score (nSPS) is 14.3. The number of ether oxygens (including phenoxy) is 1. The molecule has 2 heterocycles. The molecule has 0 bridgehead atoms. The lowest BCUT2D eigenvalue weighted by Crippen LogP contribution is -2.47. The van der Waals surface area contributed by atoms with Crippen LogP contribution in [-0.2, 0) is 0 Å². The van der Waals surface area contributed by atoms with Crippen molar-refractivity contribution in [1.82, 2.24) is 14.8 Å². The van der Waals surface area contributed by atoms with E-state index in [9.17, 15) is 0 Å². The highest BCUT2D eigenvalue weighted by Gasteiger charge is 2.15. The van der Waals surface area contributed by atoms with Crippen molar-refractivity contribution in [3.05, 3.63) is 83.1 Å². The first-order chi connectivity index (χ1) is 16.2. The molecular weight excluding hydrogens is 432 g/mol. The summed E-state index contributed by atoms with van der Waals surface area (Å²) in [6.45, 7) is 10.0. The molecule has 0 unspecified atom stereocenters. The molecule has 4 rings (SSSR count). The maximum Gasteiger partial charge on any atom is 0.119 e. The van der Waals surface area contributed by atoms with Gasteiger partial charge >= 0.3 is 0 Å². The Balaban J connectivity index is 1.24. The van der Waals surface area contributed by atoms with E-state index < -0.39 is 0 Å². The zero-order valence-electron chi connectivity index (χ0n) is 18.6. The number of nitrogens with zero attached hydrogens (tertiary/aromatic N) is 4. The molecule has 1 aromatic heterocycles. The van der Waals surface area contributed by atoms with E-state index in [1.807, 2.05) is 66.9 Å². The quantitative estimate of drug-likeness (QED) is 0.387. The van der Waals surface area contributed by atoms with Crippen LogP contribution in [0.3, 0.4) is 0 Å². The fourth-order valence-corrected chi connectivity index (χ4v) is 3.77. The van der Waals surface area contributed by atoms with Gasteiger partial charge in [0.1, 0.15) is 18.1 Å². The number of halogens is 1. The molecule has 5 nitrogen and oxygen atoms in total. The Morgan fingerprint density at radius 1 is 0.879 bits per heavy atom. The summed E-state index contributed by atoms with van der Waals surface area (Å²) >= 11 is 5.95. The third kappa shape index (κ3) is 6.90. The van der Waals surface area contributed by atoms with Gasteiger partial charge in [0.15, 0.2) is 0 Å². The van der Waals surface area contributed by atoms with Crippen LogP contribution in [0.25, 0.3) is 11.1 Å². The third-order valence-electron chi connectivity index (χ3n) is 5.57. The zero-order chi connectivity index (χ0) is 22.9. The fraction of sp³-hybridized carbons (Fsp3) is 0.259. The van der Waals surface area contributed by atoms with Crippen molar-refractivity contribution in [3.8, 4) is 28.7 Å². The molecule has 0 N–H and O–H groups in total. The van der Waals surface area contributed by atoms with Crippen molar-refractivity contribution in [1.29, 1.82) is 0 Å². The minimum Gasteiger partial charge on any atom is -0.492 e. The predicted molar refractivity (Wildman–Crippen MR) is 135 cm³/mol. The lowest BCUT2D eigenvalue weighted by atomic mass is 10.1. The molecule has 1 saturated heterocycles. The molecule has 0 saturated carbocycles. The first-order valence-electron chi connectivity index (χ1n) is 11.0. The van der Waals surface area contributed by atoms with Gasteiger partial charge in [-0.3, -0.25) is 14.8 Å². The first kappa shape index (κ1) is 23.0. The highest BCUT2D eigenvalue weighted by Crippen LogP contribution is 2.20. The van der Waals surface area contributed by atoms with E-state index in [1.54, 1.807) is 0 Å². The van der Waals surface area contributed by atoms with Crippen molar-refractivity contribution in [2.24, 2.45) is 4.99 Å². The minimum absolute atomic E-state index is 0.675. The van der Waals surface area contributed by atoms with E-state index >= 15 is 0 Å². The Hall–Kier alpha value is -3.17. The number of hydrogen-bond donors (Lipinski definition) is 0. The monoisotopic (exact) mass is 458 g/mol. The van der Waals surface area contributed by atoms with Gasteiger partial charge in [0, 0.05) is 55.1 Å². The zero-order valence-corrected chi connectivity index (χ0v) is 19.3. The van der Waals surface area contributed by atoms with Gasteiger partial charge in [0.2, 0.25) is 0 Å². The summed E-state index contributed by atoms with van der Waals surface area (Å²) in [5, 5.41) is 0.724. The molecule has 0 spiro atoms. The van der Waals surface area contributed by atoms with Crippen LogP contribution in [0.4, 0.5) is 0 Å². The number of pyridine rings is 1. The lowest BCUT2D eigenvalue weighted by Gasteiger charge is -2.33. The number of piperazine rings is 1. The summed E-state index contributed by atoms with van der Waals surface area (Å²) in [6, 6.07) is 19.6. The Bertz CT molecular complexity index is 1090. The third-order valence-corrected chi connectivity index (χ3v) is 5.82. The van der Waals surface area contributed by atoms with Crippen LogP contribution in [-0.4, -0.2) is 67.5 Å². The lowest BCUT2D eigenvalue weighted by molar-refractivity contribution is 0.119. The average molecular weight is 459 g/mol. The Kier molecular flexibility index (Phi) is 8.10. The second kappa shape index (κ2) is 11.6. The number of benzene rings is 2. The second-order valence-corrected chi connectivity index (χ2v) is 8.32. The topological polar surface area (TPSA) is 41.0 Å². The van der Waals surface area contributed by atoms with Crippen LogP contribution < -0.4 is 4.74 Å². The molecule has 33 heavy (non-hydrogen) atoms. The number of hydrogen-bond acceptors (Lipinski definition) is 5. The van der Waals surface area contributed by atoms with Gasteiger partial charge in [-0.15, -0.1) is 0 Å². The Labute approximate surface area is 200 Å². The summed E-state index contributed by atoms with van der Waals surface area (Å²) < 4.78 is 5.91. The van der Waals surface area contributed by atoms with Crippen LogP contribution in [0.2, 0.25) is 5.02 Å². The largest absolute Gasteiger partial charge is 0.492 e. The van der Waals surface area contributed by atoms with Gasteiger partial charge in [-0.05, 0) is 60.7 Å². The van der Waals surface area contributed by atoms with Gasteiger partial charge in [-0.25, -0.2) is 4.98 Å². The van der Waals surface area contributed by atoms with Crippen LogP contribution >= 0.6 is 11.6 Å². The van der Waals surface area contributed by atoms with E-state index in [0.29, 0.717) is 6.61 Å². The van der Waals surface area contributed by atoms with Crippen LogP contribution in [0.15, 0.2) is 71.9 Å². The summed E-state index contributed by atoms with van der Waals surface area (Å²) in [7, 11) is 0. The van der Waals surface area contributed by atoms with E-state index in [1.165, 1.54) is 0 Å². The molecule has 0 atom stereocenters. The first-order valence-corrected chi connectivity index (χ1v) is 11.4. The second-order valence-electron chi connectivity index (χ2n) is 7.89. The predicted octanol–water partition coefficient (Wildman–Crippen LogP) is 4.46. The standard InChI is InChI=1S/C27H27ClN4O/c1-29-21-32-16-14-31(15-17-32)18-19-33-27-12-3-22(4-13-27)2-10-26-11-7-24(20-30-26)23-5-8-25(28)9-6-23/h3-9,11-13,20H,1,14-19,21H2. The molecule has 2 aromatic carbocycles. The highest BCUT2D eigenvalue weighted by atomic mass is 35.5. The van der Waals surface area contributed by atoms with E-state index in [4.69, 9.17) is 16.3 Å². The highest BCUT2D eigenvalue weighted by molar-refractivity contribution is 6.30. The maximum absolute atomic E-state index is 5.95. The average Bonchev–Trinajstić information content (AvgIpc) is 2.86. The molecule has 6 heteroatoms. The smallest absolute Gasteiger partial charge is 0.119 e. The molecule has 1 fully saturated rings. The minimum atomic E-state index is 0.675. The molecule has 0 radical (unpaired) electrons. The van der Waals surface area contributed by atoms with Crippen LogP contribution in [0.5, 0.6) is 5.75 Å². The molecule has 1 aliphatic rings. The molecule has 3 aromatic rings. The Morgan fingerprint density at radius 2 is 1.58 bits per heavy atom. The van der Waals surface area contributed by atoms with Gasteiger partial charge in [-0.1, -0.05) is 35.7 Å². The van der Waals surface area contributed by atoms with Crippen molar-refractivity contribution in [3.63, 3.8) is 0 Å². The molecular formula is C27H27ClN4O. The maximum atomic E-state index is 5.95. The van der Waals surface area contributed by atoms with Crippen LogP contribution in [0, 0.1) is 11.8 Å². The SMILES string of the molecule is C=NCN1CCN(CCOc2ccc(C#Cc3ccc(-c4ccc(Cl)cc4)cn3)cc2)CC1. The summed E-state index contributed by atoms with van der Waals surface area (Å²) in [4.78, 5) is 13.2. The van der Waals surface area contributed by atoms with Crippen molar-refractivity contribution in [2.75, 3.05) is 46.0 Å². The Morgan fingerprint density at radius 3 is 2.24 bits per heavy atom. The van der Waals surface area contributed by atoms with Gasteiger partial charge in [0.25, 0.3) is 0 Å². The van der Waals surface area contributed by atoms with Crippen LogP contribution in [0.1, 0.15) is 11.3 Å². The van der Waals surface area contributed by atoms with Crippen molar-refractivity contribution >= 4 is 18.3 Å². The summed E-state index contributed by atoms with van der Waals surface area (Å²) in [6.07, 6.45) is 1.83. The van der Waals surface area contributed by atoms with Crippen molar-refractivity contribution in [2.45, 2.75) is 0 Å². The van der Waals surface area contributed by atoms with Gasteiger partial charge in [0.05, 0.1) is 6.67 Å². The number of rotatable bonds is 7. The van der Waals surface area contributed by atoms with E-state index in [0.717, 1.165) is 72.5 Å². The number of aromatic nitrogens is 1. The van der Waals surface area contributed by atoms with Gasteiger partial charge < -0.3 is 4.74 Å². The number of aliphatic imine (C=N–C) groups is 1. The van der Waals surface area contributed by atoms with Crippen molar-refractivity contribution < 1.29 is 4.74 Å².